The van der Waals surface area contributed by atoms with Crippen molar-refractivity contribution in [1.29, 1.82) is 0 Å². The summed E-state index contributed by atoms with van der Waals surface area (Å²) in [6.07, 6.45) is -0.398. The number of hydrogen-bond donors (Lipinski definition) is 3. The molecule has 4 aromatic rings. The Labute approximate surface area is 191 Å². The molecule has 1 aliphatic heterocycles. The van der Waals surface area contributed by atoms with Gasteiger partial charge in [-0.05, 0) is 24.3 Å². The molecule has 1 aliphatic rings. The van der Waals surface area contributed by atoms with Crippen molar-refractivity contribution < 1.29 is 19.7 Å². The lowest BCUT2D eigenvalue weighted by Crippen LogP contribution is -2.31. The van der Waals surface area contributed by atoms with Gasteiger partial charge in [-0.1, -0.05) is 54.6 Å². The number of rotatable bonds is 6. The molecule has 3 N–H and O–H groups in total. The third kappa shape index (κ3) is 4.28. The summed E-state index contributed by atoms with van der Waals surface area (Å²) >= 11 is 0. The highest BCUT2D eigenvalue weighted by Gasteiger charge is 2.38. The number of aromatic nitrogens is 1. The highest BCUT2D eigenvalue weighted by atomic mass is 16.5. The molecule has 33 heavy (non-hydrogen) atoms. The second kappa shape index (κ2) is 8.97. The van der Waals surface area contributed by atoms with Gasteiger partial charge in [0.25, 0.3) is 0 Å². The SMILES string of the molecule is Oc1ccccc1CN1CCN(Cc2ccccc2O)C1c1nc(-c2ccccc2)oc1O. The molecule has 1 aromatic heterocycles. The van der Waals surface area contributed by atoms with Crippen molar-refractivity contribution in [2.75, 3.05) is 13.1 Å². The first-order valence-corrected chi connectivity index (χ1v) is 10.9. The fourth-order valence-corrected chi connectivity index (χ4v) is 4.33. The van der Waals surface area contributed by atoms with Gasteiger partial charge in [0.1, 0.15) is 17.7 Å². The van der Waals surface area contributed by atoms with Crippen molar-refractivity contribution in [1.82, 2.24) is 14.8 Å². The predicted octanol–water partition coefficient (Wildman–Crippen LogP) is 4.48. The van der Waals surface area contributed by atoms with Gasteiger partial charge >= 0.3 is 5.95 Å². The largest absolute Gasteiger partial charge is 0.508 e. The van der Waals surface area contributed by atoms with Crippen molar-refractivity contribution >= 4 is 0 Å². The third-order valence-corrected chi connectivity index (χ3v) is 6.00. The van der Waals surface area contributed by atoms with Gasteiger partial charge < -0.3 is 19.7 Å². The Morgan fingerprint density at radius 2 is 1.24 bits per heavy atom. The average Bonchev–Trinajstić information content (AvgIpc) is 3.40. The van der Waals surface area contributed by atoms with Crippen LogP contribution in [0.25, 0.3) is 11.5 Å². The van der Waals surface area contributed by atoms with Gasteiger partial charge in [0, 0.05) is 42.9 Å². The molecule has 0 spiro atoms. The molecule has 168 valence electrons. The van der Waals surface area contributed by atoms with Gasteiger partial charge in [0.05, 0.1) is 0 Å². The first-order valence-electron chi connectivity index (χ1n) is 10.9. The van der Waals surface area contributed by atoms with Crippen molar-refractivity contribution in [3.8, 4) is 28.9 Å². The van der Waals surface area contributed by atoms with Crippen LogP contribution in [0.1, 0.15) is 23.0 Å². The Bertz CT molecular complexity index is 1190. The van der Waals surface area contributed by atoms with Crippen molar-refractivity contribution in [2.24, 2.45) is 0 Å². The van der Waals surface area contributed by atoms with E-state index in [-0.39, 0.29) is 17.4 Å². The molecule has 3 aromatic carbocycles. The number of para-hydroxylation sites is 2. The second-order valence-electron chi connectivity index (χ2n) is 8.15. The van der Waals surface area contributed by atoms with E-state index in [9.17, 15) is 15.3 Å². The van der Waals surface area contributed by atoms with Gasteiger partial charge in [-0.25, -0.2) is 4.98 Å². The number of hydrogen-bond acceptors (Lipinski definition) is 7. The monoisotopic (exact) mass is 443 g/mol. The molecule has 1 saturated heterocycles. The molecular weight excluding hydrogens is 418 g/mol. The maximum atomic E-state index is 10.7. The molecule has 0 atom stereocenters. The lowest BCUT2D eigenvalue weighted by atomic mass is 10.1. The molecular formula is C26H25N3O4. The van der Waals surface area contributed by atoms with Gasteiger partial charge in [-0.2, -0.15) is 0 Å². The van der Waals surface area contributed by atoms with Crippen molar-refractivity contribution in [3.05, 3.63) is 95.7 Å². The summed E-state index contributed by atoms with van der Waals surface area (Å²) in [5.41, 5.74) is 2.77. The maximum absolute atomic E-state index is 10.7. The van der Waals surface area contributed by atoms with E-state index in [2.05, 4.69) is 14.8 Å². The van der Waals surface area contributed by atoms with E-state index >= 15 is 0 Å². The standard InChI is InChI=1S/C26H25N3O4/c30-21-12-6-4-10-19(21)16-28-14-15-29(17-20-11-5-7-13-22(20)31)25(28)23-26(32)33-24(27-23)18-8-2-1-3-9-18/h1-13,25,30-32H,14-17H2. The van der Waals surface area contributed by atoms with Crippen LogP contribution in [0.3, 0.4) is 0 Å². The normalized spacial score (nSPS) is 15.3. The number of oxazole rings is 1. The number of benzene rings is 3. The van der Waals surface area contributed by atoms with E-state index in [1.165, 1.54) is 0 Å². The summed E-state index contributed by atoms with van der Waals surface area (Å²) in [5, 5.41) is 31.4. The quantitative estimate of drug-likeness (QED) is 0.405. The number of nitrogens with zero attached hydrogens (tertiary/aromatic N) is 3. The van der Waals surface area contributed by atoms with Gasteiger partial charge in [0.2, 0.25) is 5.89 Å². The van der Waals surface area contributed by atoms with Gasteiger partial charge in [-0.3, -0.25) is 9.80 Å². The van der Waals surface area contributed by atoms with Crippen LogP contribution >= 0.6 is 0 Å². The van der Waals surface area contributed by atoms with E-state index in [0.717, 1.165) is 16.7 Å². The zero-order valence-corrected chi connectivity index (χ0v) is 18.0. The zero-order chi connectivity index (χ0) is 22.8. The van der Waals surface area contributed by atoms with Gasteiger partial charge in [0.15, 0.2) is 5.69 Å². The molecule has 7 nitrogen and oxygen atoms in total. The Morgan fingerprint density at radius 3 is 1.79 bits per heavy atom. The highest BCUT2D eigenvalue weighted by molar-refractivity contribution is 5.54. The topological polar surface area (TPSA) is 93.2 Å². The average molecular weight is 444 g/mol. The smallest absolute Gasteiger partial charge is 0.309 e. The fourth-order valence-electron chi connectivity index (χ4n) is 4.33. The summed E-state index contributed by atoms with van der Waals surface area (Å²) in [4.78, 5) is 8.95. The molecule has 0 unspecified atom stereocenters. The summed E-state index contributed by atoms with van der Waals surface area (Å²) in [6.45, 7) is 2.34. The Morgan fingerprint density at radius 1 is 0.727 bits per heavy atom. The van der Waals surface area contributed by atoms with E-state index in [1.54, 1.807) is 24.3 Å². The lowest BCUT2D eigenvalue weighted by molar-refractivity contribution is 0.115. The molecule has 2 heterocycles. The third-order valence-electron chi connectivity index (χ3n) is 6.00. The first kappa shape index (κ1) is 21.1. The molecule has 0 amide bonds. The summed E-state index contributed by atoms with van der Waals surface area (Å²) < 4.78 is 5.65. The van der Waals surface area contributed by atoms with Crippen LogP contribution in [0.15, 0.2) is 83.3 Å². The van der Waals surface area contributed by atoms with E-state index < -0.39 is 6.17 Å². The Balaban J connectivity index is 1.51. The van der Waals surface area contributed by atoms with Crippen molar-refractivity contribution in [2.45, 2.75) is 19.3 Å². The highest BCUT2D eigenvalue weighted by Crippen LogP contribution is 2.40. The van der Waals surface area contributed by atoms with Crippen LogP contribution in [0.4, 0.5) is 0 Å². The fraction of sp³-hybridized carbons (Fsp3) is 0.192. The number of phenolic OH excluding ortho intramolecular Hbond substituents is 2. The minimum Gasteiger partial charge on any atom is -0.508 e. The van der Waals surface area contributed by atoms with Crippen LogP contribution in [0.2, 0.25) is 0 Å². The summed E-state index contributed by atoms with van der Waals surface area (Å²) in [6, 6.07) is 23.9. The van der Waals surface area contributed by atoms with Crippen molar-refractivity contribution in [3.63, 3.8) is 0 Å². The molecule has 0 radical (unpaired) electrons. The van der Waals surface area contributed by atoms with Gasteiger partial charge in [-0.15, -0.1) is 0 Å². The van der Waals surface area contributed by atoms with E-state index in [4.69, 9.17) is 4.42 Å². The molecule has 7 heteroatoms. The van der Waals surface area contributed by atoms with Crippen LogP contribution < -0.4 is 0 Å². The molecule has 0 saturated carbocycles. The maximum Gasteiger partial charge on any atom is 0.309 e. The van der Waals surface area contributed by atoms with E-state index in [1.807, 2.05) is 54.6 Å². The molecule has 1 fully saturated rings. The molecule has 0 aliphatic carbocycles. The van der Waals surface area contributed by atoms with Crippen LogP contribution in [0.5, 0.6) is 17.4 Å². The molecule has 5 rings (SSSR count). The minimum absolute atomic E-state index is 0.227. The number of aromatic hydroxyl groups is 3. The second-order valence-corrected chi connectivity index (χ2v) is 8.15. The summed E-state index contributed by atoms with van der Waals surface area (Å²) in [5.74, 6) is 0.569. The summed E-state index contributed by atoms with van der Waals surface area (Å²) in [7, 11) is 0. The van der Waals surface area contributed by atoms with Crippen LogP contribution in [-0.4, -0.2) is 43.2 Å². The van der Waals surface area contributed by atoms with Crippen LogP contribution in [-0.2, 0) is 13.1 Å². The number of phenols is 2. The Hall–Kier alpha value is -3.81. The van der Waals surface area contributed by atoms with Crippen LogP contribution in [0, 0.1) is 0 Å². The lowest BCUT2D eigenvalue weighted by Gasteiger charge is -2.29. The van der Waals surface area contributed by atoms with E-state index in [0.29, 0.717) is 37.8 Å². The Kier molecular flexibility index (Phi) is 5.73. The zero-order valence-electron chi connectivity index (χ0n) is 18.0. The predicted molar refractivity (Wildman–Crippen MR) is 123 cm³/mol. The minimum atomic E-state index is -0.398. The first-order chi connectivity index (χ1) is 16.1. The molecule has 0 bridgehead atoms.